The second kappa shape index (κ2) is 5.08. The van der Waals surface area contributed by atoms with E-state index in [2.05, 4.69) is 11.9 Å². The number of hydrogen-bond donors (Lipinski definition) is 1. The third kappa shape index (κ3) is 2.50. The summed E-state index contributed by atoms with van der Waals surface area (Å²) in [6.07, 6.45) is 5.87. The quantitative estimate of drug-likeness (QED) is 0.796. The van der Waals surface area contributed by atoms with Crippen LogP contribution < -0.4 is 4.74 Å². The molecule has 1 saturated carbocycles. The Hall–Kier alpha value is -1.77. The number of fused-ring (bicyclic) bond motifs is 1. The number of hydrogen-bond acceptors (Lipinski definition) is 2. The molecule has 1 aliphatic carbocycles. The number of ketones is 1. The first-order valence-corrected chi connectivity index (χ1v) is 7.05. The van der Waals surface area contributed by atoms with Gasteiger partial charge in [-0.1, -0.05) is 13.0 Å². The number of carbonyl (C=O) groups excluding carboxylic acids is 1. The first-order valence-electron chi connectivity index (χ1n) is 7.05. The highest BCUT2D eigenvalue weighted by Gasteiger charge is 2.26. The van der Waals surface area contributed by atoms with Crippen molar-refractivity contribution in [1.82, 2.24) is 4.98 Å². The Labute approximate surface area is 113 Å². The fourth-order valence-corrected chi connectivity index (χ4v) is 2.40. The fourth-order valence-electron chi connectivity index (χ4n) is 2.40. The summed E-state index contributed by atoms with van der Waals surface area (Å²) in [5.41, 5.74) is 1.77. The van der Waals surface area contributed by atoms with Crippen LogP contribution in [0.1, 0.15) is 43.0 Å². The highest BCUT2D eigenvalue weighted by atomic mass is 16.5. The first kappa shape index (κ1) is 12.3. The molecular formula is C16H19NO2. The molecule has 0 bridgehead atoms. The SMILES string of the molecule is CCCOc1cccc2[nH]cc(C(=O)CC3CC3)c12. The van der Waals surface area contributed by atoms with Crippen LogP contribution >= 0.6 is 0 Å². The molecular weight excluding hydrogens is 238 g/mol. The van der Waals surface area contributed by atoms with Gasteiger partial charge in [0, 0.05) is 23.7 Å². The van der Waals surface area contributed by atoms with Gasteiger partial charge in [-0.3, -0.25) is 4.79 Å². The van der Waals surface area contributed by atoms with Crippen LogP contribution in [0, 0.1) is 5.92 Å². The van der Waals surface area contributed by atoms with E-state index in [1.54, 1.807) is 0 Å². The number of carbonyl (C=O) groups is 1. The number of H-pyrrole nitrogens is 1. The number of aromatic amines is 1. The van der Waals surface area contributed by atoms with Gasteiger partial charge < -0.3 is 9.72 Å². The van der Waals surface area contributed by atoms with Crippen molar-refractivity contribution in [2.45, 2.75) is 32.6 Å². The van der Waals surface area contributed by atoms with Crippen LogP contribution in [-0.2, 0) is 0 Å². The van der Waals surface area contributed by atoms with Gasteiger partial charge in [0.15, 0.2) is 5.78 Å². The lowest BCUT2D eigenvalue weighted by molar-refractivity contribution is 0.0977. The van der Waals surface area contributed by atoms with Crippen molar-refractivity contribution in [3.05, 3.63) is 30.0 Å². The predicted octanol–water partition coefficient (Wildman–Crippen LogP) is 3.94. The first-order chi connectivity index (χ1) is 9.29. The van der Waals surface area contributed by atoms with Gasteiger partial charge in [-0.05, 0) is 37.3 Å². The van der Waals surface area contributed by atoms with Crippen molar-refractivity contribution in [2.24, 2.45) is 5.92 Å². The minimum absolute atomic E-state index is 0.237. The normalized spacial score (nSPS) is 14.8. The smallest absolute Gasteiger partial charge is 0.165 e. The summed E-state index contributed by atoms with van der Waals surface area (Å²) < 4.78 is 5.77. The number of benzene rings is 1. The Morgan fingerprint density at radius 1 is 1.42 bits per heavy atom. The van der Waals surface area contributed by atoms with E-state index in [-0.39, 0.29) is 5.78 Å². The van der Waals surface area contributed by atoms with Gasteiger partial charge in [0.1, 0.15) is 5.75 Å². The predicted molar refractivity (Wildman–Crippen MR) is 75.8 cm³/mol. The molecule has 1 N–H and O–H groups in total. The van der Waals surface area contributed by atoms with E-state index in [0.717, 1.165) is 28.6 Å². The van der Waals surface area contributed by atoms with Crippen LogP contribution in [0.25, 0.3) is 10.9 Å². The molecule has 0 unspecified atom stereocenters. The molecule has 1 aromatic carbocycles. The van der Waals surface area contributed by atoms with Gasteiger partial charge in [-0.15, -0.1) is 0 Å². The van der Waals surface area contributed by atoms with Crippen molar-refractivity contribution in [3.8, 4) is 5.75 Å². The standard InChI is InChI=1S/C16H19NO2/c1-2-8-19-15-5-3-4-13-16(15)12(10-17-13)14(18)9-11-6-7-11/h3-5,10-11,17H,2,6-9H2,1H3. The van der Waals surface area contributed by atoms with Crippen molar-refractivity contribution >= 4 is 16.7 Å². The minimum Gasteiger partial charge on any atom is -0.493 e. The molecule has 2 aromatic rings. The summed E-state index contributed by atoms with van der Waals surface area (Å²) in [5.74, 6) is 1.67. The average molecular weight is 257 g/mol. The minimum atomic E-state index is 0.237. The zero-order valence-corrected chi connectivity index (χ0v) is 11.2. The summed E-state index contributed by atoms with van der Waals surface area (Å²) in [7, 11) is 0. The summed E-state index contributed by atoms with van der Waals surface area (Å²) in [6, 6.07) is 5.89. The third-order valence-corrected chi connectivity index (χ3v) is 3.60. The Morgan fingerprint density at radius 2 is 2.26 bits per heavy atom. The lowest BCUT2D eigenvalue weighted by atomic mass is 10.0. The molecule has 1 aromatic heterocycles. The third-order valence-electron chi connectivity index (χ3n) is 3.60. The molecule has 0 amide bonds. The Balaban J connectivity index is 1.96. The fraction of sp³-hybridized carbons (Fsp3) is 0.438. The number of rotatable bonds is 6. The van der Waals surface area contributed by atoms with Crippen LogP contribution in [0.4, 0.5) is 0 Å². The molecule has 3 heteroatoms. The van der Waals surface area contributed by atoms with Crippen molar-refractivity contribution in [1.29, 1.82) is 0 Å². The van der Waals surface area contributed by atoms with E-state index in [1.165, 1.54) is 12.8 Å². The maximum atomic E-state index is 12.3. The molecule has 0 radical (unpaired) electrons. The van der Waals surface area contributed by atoms with Crippen LogP contribution in [0.15, 0.2) is 24.4 Å². The monoisotopic (exact) mass is 257 g/mol. The van der Waals surface area contributed by atoms with E-state index < -0.39 is 0 Å². The summed E-state index contributed by atoms with van der Waals surface area (Å²) in [4.78, 5) is 15.5. The second-order valence-electron chi connectivity index (χ2n) is 5.30. The summed E-state index contributed by atoms with van der Waals surface area (Å²) >= 11 is 0. The Kier molecular flexibility index (Phi) is 3.28. The molecule has 19 heavy (non-hydrogen) atoms. The van der Waals surface area contributed by atoms with Crippen LogP contribution in [0.5, 0.6) is 5.75 Å². The van der Waals surface area contributed by atoms with E-state index in [1.807, 2.05) is 24.4 Å². The van der Waals surface area contributed by atoms with Crippen molar-refractivity contribution < 1.29 is 9.53 Å². The van der Waals surface area contributed by atoms with E-state index >= 15 is 0 Å². The zero-order chi connectivity index (χ0) is 13.2. The average Bonchev–Trinajstić information content (AvgIpc) is 3.11. The van der Waals surface area contributed by atoms with E-state index in [4.69, 9.17) is 4.74 Å². The van der Waals surface area contributed by atoms with Gasteiger partial charge >= 0.3 is 0 Å². The molecule has 0 atom stereocenters. The number of ether oxygens (including phenoxy) is 1. The lowest BCUT2D eigenvalue weighted by Gasteiger charge is -2.07. The molecule has 0 saturated heterocycles. The largest absolute Gasteiger partial charge is 0.493 e. The second-order valence-corrected chi connectivity index (χ2v) is 5.30. The van der Waals surface area contributed by atoms with Gasteiger partial charge in [-0.25, -0.2) is 0 Å². The molecule has 1 aliphatic rings. The van der Waals surface area contributed by atoms with Crippen LogP contribution in [0.3, 0.4) is 0 Å². The Morgan fingerprint density at radius 3 is 3.00 bits per heavy atom. The molecule has 100 valence electrons. The number of aromatic nitrogens is 1. The van der Waals surface area contributed by atoms with Crippen molar-refractivity contribution in [2.75, 3.05) is 6.61 Å². The van der Waals surface area contributed by atoms with E-state index in [0.29, 0.717) is 18.9 Å². The zero-order valence-electron chi connectivity index (χ0n) is 11.2. The highest BCUT2D eigenvalue weighted by molar-refractivity contribution is 6.10. The molecule has 1 heterocycles. The molecule has 0 aliphatic heterocycles. The van der Waals surface area contributed by atoms with Gasteiger partial charge in [0.25, 0.3) is 0 Å². The molecule has 1 fully saturated rings. The highest BCUT2D eigenvalue weighted by Crippen LogP contribution is 2.36. The Bertz CT molecular complexity index is 596. The van der Waals surface area contributed by atoms with Gasteiger partial charge in [0.2, 0.25) is 0 Å². The molecule has 0 spiro atoms. The van der Waals surface area contributed by atoms with Crippen LogP contribution in [-0.4, -0.2) is 17.4 Å². The van der Waals surface area contributed by atoms with Crippen molar-refractivity contribution in [3.63, 3.8) is 0 Å². The maximum Gasteiger partial charge on any atom is 0.165 e. The molecule has 3 rings (SSSR count). The lowest BCUT2D eigenvalue weighted by Crippen LogP contribution is -2.01. The summed E-state index contributed by atoms with van der Waals surface area (Å²) in [6.45, 7) is 2.76. The maximum absolute atomic E-state index is 12.3. The topological polar surface area (TPSA) is 42.1 Å². The summed E-state index contributed by atoms with van der Waals surface area (Å²) in [5, 5.41) is 0.946. The van der Waals surface area contributed by atoms with E-state index in [9.17, 15) is 4.79 Å². The molecule has 3 nitrogen and oxygen atoms in total. The van der Waals surface area contributed by atoms with Crippen LogP contribution in [0.2, 0.25) is 0 Å². The van der Waals surface area contributed by atoms with Gasteiger partial charge in [0.05, 0.1) is 12.0 Å². The van der Waals surface area contributed by atoms with Gasteiger partial charge in [-0.2, -0.15) is 0 Å². The number of Topliss-reactive ketones (excluding diaryl/α,β-unsaturated/α-hetero) is 1. The number of nitrogens with one attached hydrogen (secondary N) is 1.